The van der Waals surface area contributed by atoms with Gasteiger partial charge < -0.3 is 14.8 Å². The van der Waals surface area contributed by atoms with Crippen LogP contribution in [0.4, 0.5) is 0 Å². The highest BCUT2D eigenvalue weighted by molar-refractivity contribution is 5.28. The lowest BCUT2D eigenvalue weighted by molar-refractivity contribution is 0.217. The molecule has 0 saturated carbocycles. The first kappa shape index (κ1) is 16.4. The molecule has 2 aromatic rings. The molecule has 118 valence electrons. The van der Waals surface area contributed by atoms with Gasteiger partial charge in [0.1, 0.15) is 11.5 Å². The first-order chi connectivity index (χ1) is 10.7. The van der Waals surface area contributed by atoms with E-state index in [0.717, 1.165) is 31.0 Å². The summed E-state index contributed by atoms with van der Waals surface area (Å²) in [5, 5.41) is 3.45. The van der Waals surface area contributed by atoms with E-state index >= 15 is 0 Å². The van der Waals surface area contributed by atoms with E-state index in [9.17, 15) is 0 Å². The topological polar surface area (TPSA) is 30.5 Å². The van der Waals surface area contributed by atoms with Crippen molar-refractivity contribution in [3.63, 3.8) is 0 Å². The van der Waals surface area contributed by atoms with Gasteiger partial charge in [-0.2, -0.15) is 0 Å². The average molecular weight is 299 g/mol. The number of nitrogens with one attached hydrogen (secondary N) is 1. The quantitative estimate of drug-likeness (QED) is 0.794. The number of ether oxygens (including phenoxy) is 2. The molecule has 0 aliphatic rings. The number of rotatable bonds is 8. The molecule has 2 aromatic carbocycles. The van der Waals surface area contributed by atoms with E-state index in [1.54, 1.807) is 7.11 Å². The van der Waals surface area contributed by atoms with Gasteiger partial charge in [0, 0.05) is 13.1 Å². The lowest BCUT2D eigenvalue weighted by atomic mass is 10.2. The molecule has 0 aliphatic heterocycles. The van der Waals surface area contributed by atoms with E-state index in [1.165, 1.54) is 11.1 Å². The number of hydrogen-bond acceptors (Lipinski definition) is 3. The fraction of sp³-hybridized carbons (Fsp3) is 0.368. The maximum atomic E-state index is 5.78. The summed E-state index contributed by atoms with van der Waals surface area (Å²) in [7, 11) is 1.68. The molecule has 3 heteroatoms. The molecule has 1 atom stereocenters. The van der Waals surface area contributed by atoms with Crippen LogP contribution < -0.4 is 14.8 Å². The van der Waals surface area contributed by atoms with Gasteiger partial charge in [-0.25, -0.2) is 0 Å². The van der Waals surface area contributed by atoms with E-state index in [2.05, 4.69) is 43.4 Å². The molecule has 22 heavy (non-hydrogen) atoms. The van der Waals surface area contributed by atoms with Crippen LogP contribution in [0.5, 0.6) is 11.5 Å². The Morgan fingerprint density at radius 2 is 1.36 bits per heavy atom. The smallest absolute Gasteiger partial charge is 0.119 e. The van der Waals surface area contributed by atoms with Crippen molar-refractivity contribution in [1.29, 1.82) is 0 Å². The zero-order chi connectivity index (χ0) is 15.8. The summed E-state index contributed by atoms with van der Waals surface area (Å²) in [5.41, 5.74) is 2.50. The molecule has 0 amide bonds. The van der Waals surface area contributed by atoms with E-state index < -0.39 is 0 Å². The van der Waals surface area contributed by atoms with Gasteiger partial charge in [0.05, 0.1) is 13.2 Å². The Morgan fingerprint density at radius 1 is 0.864 bits per heavy atom. The summed E-state index contributed by atoms with van der Waals surface area (Å²) in [6.07, 6.45) is 1.28. The summed E-state index contributed by atoms with van der Waals surface area (Å²) in [6.45, 7) is 5.90. The molecular formula is C19H25NO2. The minimum atomic E-state index is 0.263. The molecule has 0 fully saturated rings. The molecule has 0 radical (unpaired) electrons. The first-order valence-electron chi connectivity index (χ1n) is 7.80. The predicted octanol–water partition coefficient (Wildman–Crippen LogP) is 4.16. The van der Waals surface area contributed by atoms with Crippen molar-refractivity contribution in [1.82, 2.24) is 5.32 Å². The molecule has 1 unspecified atom stereocenters. The molecule has 0 spiro atoms. The van der Waals surface area contributed by atoms with Crippen LogP contribution in [0.3, 0.4) is 0 Å². The van der Waals surface area contributed by atoms with Crippen LogP contribution in [-0.4, -0.2) is 13.2 Å². The number of hydrogen-bond donors (Lipinski definition) is 1. The van der Waals surface area contributed by atoms with Gasteiger partial charge >= 0.3 is 0 Å². The van der Waals surface area contributed by atoms with Crippen molar-refractivity contribution in [2.24, 2.45) is 0 Å². The maximum absolute atomic E-state index is 5.78. The first-order valence-corrected chi connectivity index (χ1v) is 7.80. The normalized spacial score (nSPS) is 12.0. The molecule has 3 nitrogen and oxygen atoms in total. The lowest BCUT2D eigenvalue weighted by Crippen LogP contribution is -2.13. The Hall–Kier alpha value is -2.00. The summed E-state index contributed by atoms with van der Waals surface area (Å²) in [6, 6.07) is 16.4. The Labute approximate surface area is 133 Å². The van der Waals surface area contributed by atoms with Gasteiger partial charge in [0.15, 0.2) is 0 Å². The fourth-order valence-electron chi connectivity index (χ4n) is 2.10. The van der Waals surface area contributed by atoms with E-state index in [4.69, 9.17) is 9.47 Å². The molecule has 0 aromatic heterocycles. The highest BCUT2D eigenvalue weighted by atomic mass is 16.5. The minimum absolute atomic E-state index is 0.263. The molecule has 0 bridgehead atoms. The van der Waals surface area contributed by atoms with Gasteiger partial charge in [-0.05, 0) is 48.7 Å². The fourth-order valence-corrected chi connectivity index (χ4v) is 2.10. The van der Waals surface area contributed by atoms with Crippen LogP contribution in [0.15, 0.2) is 48.5 Å². The molecule has 0 aliphatic carbocycles. The van der Waals surface area contributed by atoms with Crippen LogP contribution in [-0.2, 0) is 13.1 Å². The second kappa shape index (κ2) is 8.44. The molecular weight excluding hydrogens is 274 g/mol. The summed E-state index contributed by atoms with van der Waals surface area (Å²) >= 11 is 0. The zero-order valence-corrected chi connectivity index (χ0v) is 13.6. The van der Waals surface area contributed by atoms with Crippen LogP contribution in [0.2, 0.25) is 0 Å². The maximum Gasteiger partial charge on any atom is 0.119 e. The molecule has 1 N–H and O–H groups in total. The van der Waals surface area contributed by atoms with Gasteiger partial charge in [-0.15, -0.1) is 0 Å². The highest BCUT2D eigenvalue weighted by Crippen LogP contribution is 2.15. The monoisotopic (exact) mass is 299 g/mol. The number of benzene rings is 2. The van der Waals surface area contributed by atoms with Crippen molar-refractivity contribution < 1.29 is 9.47 Å². The van der Waals surface area contributed by atoms with Crippen molar-refractivity contribution in [3.8, 4) is 11.5 Å². The second-order valence-corrected chi connectivity index (χ2v) is 5.43. The molecule has 0 saturated heterocycles. The van der Waals surface area contributed by atoms with Crippen LogP contribution in [0.25, 0.3) is 0 Å². The predicted molar refractivity (Wildman–Crippen MR) is 90.4 cm³/mol. The third-order valence-electron chi connectivity index (χ3n) is 3.65. The Bertz CT molecular complexity index is 549. The standard InChI is InChI=1S/C19H25NO2/c1-4-15(2)22-19-11-7-17(8-12-19)14-20-13-16-5-9-18(21-3)10-6-16/h5-12,15,20H,4,13-14H2,1-3H3. The summed E-state index contributed by atoms with van der Waals surface area (Å²) in [4.78, 5) is 0. The van der Waals surface area contributed by atoms with Crippen molar-refractivity contribution in [2.75, 3.05) is 7.11 Å². The third kappa shape index (κ3) is 5.08. The van der Waals surface area contributed by atoms with Crippen LogP contribution in [0.1, 0.15) is 31.4 Å². The van der Waals surface area contributed by atoms with E-state index in [0.29, 0.717) is 0 Å². The minimum Gasteiger partial charge on any atom is -0.497 e. The van der Waals surface area contributed by atoms with Crippen molar-refractivity contribution in [2.45, 2.75) is 39.5 Å². The van der Waals surface area contributed by atoms with Crippen molar-refractivity contribution >= 4 is 0 Å². The highest BCUT2D eigenvalue weighted by Gasteiger charge is 2.01. The number of methoxy groups -OCH3 is 1. The Balaban J connectivity index is 1.78. The third-order valence-corrected chi connectivity index (χ3v) is 3.65. The van der Waals surface area contributed by atoms with Crippen LogP contribution >= 0.6 is 0 Å². The zero-order valence-electron chi connectivity index (χ0n) is 13.6. The molecule has 0 heterocycles. The van der Waals surface area contributed by atoms with Crippen molar-refractivity contribution in [3.05, 3.63) is 59.7 Å². The Morgan fingerprint density at radius 3 is 1.82 bits per heavy atom. The SMILES string of the molecule is CCC(C)Oc1ccc(CNCc2ccc(OC)cc2)cc1. The van der Waals surface area contributed by atoms with Gasteiger partial charge in [-0.1, -0.05) is 31.2 Å². The lowest BCUT2D eigenvalue weighted by Gasteiger charge is -2.13. The Kier molecular flexibility index (Phi) is 6.28. The largest absolute Gasteiger partial charge is 0.497 e. The van der Waals surface area contributed by atoms with Crippen LogP contribution in [0, 0.1) is 0 Å². The molecule has 2 rings (SSSR count). The van der Waals surface area contributed by atoms with Gasteiger partial charge in [-0.3, -0.25) is 0 Å². The summed E-state index contributed by atoms with van der Waals surface area (Å²) in [5.74, 6) is 1.83. The summed E-state index contributed by atoms with van der Waals surface area (Å²) < 4.78 is 10.9. The average Bonchev–Trinajstić information content (AvgIpc) is 2.57. The van der Waals surface area contributed by atoms with E-state index in [-0.39, 0.29) is 6.10 Å². The second-order valence-electron chi connectivity index (χ2n) is 5.43. The van der Waals surface area contributed by atoms with Gasteiger partial charge in [0.2, 0.25) is 0 Å². The van der Waals surface area contributed by atoms with Gasteiger partial charge in [0.25, 0.3) is 0 Å². The van der Waals surface area contributed by atoms with E-state index in [1.807, 2.05) is 24.3 Å².